The molecule has 4 aliphatic rings. The number of aliphatic hydroxyl groups is 1. The van der Waals surface area contributed by atoms with Crippen molar-refractivity contribution >= 4 is 0 Å². The summed E-state index contributed by atoms with van der Waals surface area (Å²) in [4.78, 5) is 0. The molecule has 0 amide bonds. The minimum Gasteiger partial charge on any atom is -0.393 e. The molecule has 1 nitrogen and oxygen atoms in total. The molecule has 180 valence electrons. The molecule has 0 heterocycles. The summed E-state index contributed by atoms with van der Waals surface area (Å²) in [5, 5.41) is 11.1. The van der Waals surface area contributed by atoms with Crippen molar-refractivity contribution in [1.82, 2.24) is 0 Å². The zero-order valence-corrected chi connectivity index (χ0v) is 22.2. The molecule has 1 fully saturated rings. The Morgan fingerprint density at radius 1 is 1.09 bits per heavy atom. The Kier molecular flexibility index (Phi) is 6.65. The van der Waals surface area contributed by atoms with Crippen LogP contribution in [0.4, 0.5) is 0 Å². The lowest BCUT2D eigenvalue weighted by atomic mass is 9.44. The van der Waals surface area contributed by atoms with Gasteiger partial charge in [0.2, 0.25) is 0 Å². The van der Waals surface area contributed by atoms with Crippen molar-refractivity contribution in [2.45, 2.75) is 125 Å². The molecule has 1 saturated carbocycles. The lowest BCUT2D eigenvalue weighted by Gasteiger charge is -2.61. The highest BCUT2D eigenvalue weighted by atomic mass is 16.3. The van der Waals surface area contributed by atoms with Crippen molar-refractivity contribution in [3.05, 3.63) is 34.4 Å². The van der Waals surface area contributed by atoms with E-state index in [1.807, 2.05) is 5.57 Å². The molecule has 4 rings (SSSR count). The van der Waals surface area contributed by atoms with Gasteiger partial charge in [0.1, 0.15) is 0 Å². The van der Waals surface area contributed by atoms with Gasteiger partial charge in [0, 0.05) is 0 Å². The van der Waals surface area contributed by atoms with Gasteiger partial charge in [-0.15, -0.1) is 0 Å². The zero-order valence-electron chi connectivity index (χ0n) is 22.2. The van der Waals surface area contributed by atoms with Gasteiger partial charge in [0.15, 0.2) is 0 Å². The van der Waals surface area contributed by atoms with Crippen LogP contribution in [0.15, 0.2) is 34.4 Å². The average Bonchev–Trinajstić information content (AvgIpc) is 3.11. The molecular weight excluding hydrogens is 388 g/mol. The van der Waals surface area contributed by atoms with E-state index < -0.39 is 0 Å². The summed E-state index contributed by atoms with van der Waals surface area (Å²) >= 11 is 0. The molecule has 0 bridgehead atoms. The lowest BCUT2D eigenvalue weighted by Crippen LogP contribution is -2.55. The van der Waals surface area contributed by atoms with Crippen LogP contribution in [-0.4, -0.2) is 11.2 Å². The van der Waals surface area contributed by atoms with E-state index in [1.165, 1.54) is 56.9 Å². The number of hydrogen-bond donors (Lipinski definition) is 1. The Bertz CT molecular complexity index is 804. The fourth-order valence-electron chi connectivity index (χ4n) is 9.27. The topological polar surface area (TPSA) is 20.2 Å². The minimum absolute atomic E-state index is 0.108. The van der Waals surface area contributed by atoms with Gasteiger partial charge in [-0.25, -0.2) is 0 Å². The predicted octanol–water partition coefficient (Wildman–Crippen LogP) is 8.79. The first-order chi connectivity index (χ1) is 15.1. The molecule has 0 aliphatic heterocycles. The molecule has 0 radical (unpaired) electrons. The van der Waals surface area contributed by atoms with Crippen LogP contribution in [0.5, 0.6) is 0 Å². The van der Waals surface area contributed by atoms with E-state index in [0.717, 1.165) is 31.1 Å². The van der Waals surface area contributed by atoms with E-state index in [4.69, 9.17) is 0 Å². The number of allylic oxidation sites excluding steroid dienone is 6. The molecule has 6 atom stereocenters. The fraction of sp³-hybridized carbons (Fsp3) is 0.806. The molecule has 2 unspecified atom stereocenters. The van der Waals surface area contributed by atoms with Gasteiger partial charge in [0.25, 0.3) is 0 Å². The van der Waals surface area contributed by atoms with Gasteiger partial charge < -0.3 is 5.11 Å². The highest BCUT2D eigenvalue weighted by molar-refractivity contribution is 5.50. The van der Waals surface area contributed by atoms with E-state index in [2.05, 4.69) is 60.6 Å². The van der Waals surface area contributed by atoms with Crippen LogP contribution >= 0.6 is 0 Å². The van der Waals surface area contributed by atoms with Crippen LogP contribution < -0.4 is 0 Å². The highest BCUT2D eigenvalue weighted by Gasteiger charge is 2.59. The second-order valence-corrected chi connectivity index (χ2v) is 12.7. The number of aliphatic hydroxyl groups excluding tert-OH is 1. The molecule has 0 spiro atoms. The first-order valence-corrected chi connectivity index (χ1v) is 13.9. The van der Waals surface area contributed by atoms with Crippen LogP contribution in [0.2, 0.25) is 0 Å². The van der Waals surface area contributed by atoms with Crippen molar-refractivity contribution in [1.29, 1.82) is 0 Å². The van der Waals surface area contributed by atoms with Crippen LogP contribution in [0, 0.1) is 34.0 Å². The average molecular weight is 439 g/mol. The largest absolute Gasteiger partial charge is 0.393 e. The summed E-state index contributed by atoms with van der Waals surface area (Å²) in [5.74, 6) is 2.25. The van der Waals surface area contributed by atoms with Crippen LogP contribution in [0.3, 0.4) is 0 Å². The predicted molar refractivity (Wildman–Crippen MR) is 137 cm³/mol. The van der Waals surface area contributed by atoms with E-state index >= 15 is 0 Å². The maximum Gasteiger partial charge on any atom is 0.0599 e. The first kappa shape index (κ1) is 24.3. The number of fused-ring (bicyclic) bond motifs is 4. The molecule has 0 aromatic heterocycles. The SMILES string of the molecule is CCC1(CC)C(O)CC[C@]2(C)C3=C(CCC12)C1=CC[C@H]([C@H](C)CCC=C(C)C)[C@@]1(C)CC3. The molecular formula is C31H50O. The smallest absolute Gasteiger partial charge is 0.0599 e. The Balaban J connectivity index is 1.62. The minimum atomic E-state index is -0.108. The van der Waals surface area contributed by atoms with Gasteiger partial charge >= 0.3 is 0 Å². The lowest BCUT2D eigenvalue weighted by molar-refractivity contribution is -0.116. The second kappa shape index (κ2) is 8.75. The summed E-state index contributed by atoms with van der Waals surface area (Å²) in [5.41, 5.74) is 7.60. The van der Waals surface area contributed by atoms with Crippen molar-refractivity contribution in [2.24, 2.45) is 34.0 Å². The maximum atomic E-state index is 11.1. The van der Waals surface area contributed by atoms with Crippen LogP contribution in [0.1, 0.15) is 119 Å². The summed E-state index contributed by atoms with van der Waals surface area (Å²) in [6.07, 6.45) is 18.4. The van der Waals surface area contributed by atoms with Crippen LogP contribution in [-0.2, 0) is 0 Å². The first-order valence-electron chi connectivity index (χ1n) is 13.9. The summed E-state index contributed by atoms with van der Waals surface area (Å²) < 4.78 is 0. The van der Waals surface area contributed by atoms with Gasteiger partial charge in [-0.2, -0.15) is 0 Å². The highest BCUT2D eigenvalue weighted by Crippen LogP contribution is 2.67. The Morgan fingerprint density at radius 3 is 2.47 bits per heavy atom. The van der Waals surface area contributed by atoms with Crippen molar-refractivity contribution in [3.8, 4) is 0 Å². The molecule has 1 N–H and O–H groups in total. The van der Waals surface area contributed by atoms with Gasteiger partial charge in [-0.3, -0.25) is 0 Å². The fourth-order valence-corrected chi connectivity index (χ4v) is 9.27. The third-order valence-electron chi connectivity index (χ3n) is 11.2. The van der Waals surface area contributed by atoms with Gasteiger partial charge in [0.05, 0.1) is 6.10 Å². The molecule has 0 aromatic carbocycles. The number of hydrogen-bond acceptors (Lipinski definition) is 1. The van der Waals surface area contributed by atoms with Crippen LogP contribution in [0.25, 0.3) is 0 Å². The summed E-state index contributed by atoms with van der Waals surface area (Å²) in [6, 6.07) is 0. The van der Waals surface area contributed by atoms with Gasteiger partial charge in [-0.05, 0) is 130 Å². The quantitative estimate of drug-likeness (QED) is 0.411. The normalized spacial score (nSPS) is 39.0. The van der Waals surface area contributed by atoms with Crippen molar-refractivity contribution in [2.75, 3.05) is 0 Å². The van der Waals surface area contributed by atoms with Crippen molar-refractivity contribution in [3.63, 3.8) is 0 Å². The molecule has 4 aliphatic carbocycles. The summed E-state index contributed by atoms with van der Waals surface area (Å²) in [6.45, 7) is 16.8. The Labute approximate surface area is 198 Å². The maximum absolute atomic E-state index is 11.1. The monoisotopic (exact) mass is 438 g/mol. The van der Waals surface area contributed by atoms with E-state index in [1.54, 1.807) is 11.1 Å². The standard InChI is InChI=1S/C31H50O/c1-8-31(9-2)27-16-13-23-25-15-14-24(22(5)12-10-11-21(3)4)29(25,6)19-17-26(23)30(27,7)20-18-28(31)32/h11,15,22,24,27-28,32H,8-10,12-14,16-20H2,1-7H3/t22-,24-,27?,28?,29-,30-/m1/s1. The third kappa shape index (κ3) is 3.52. The van der Waals surface area contributed by atoms with E-state index in [0.29, 0.717) is 16.7 Å². The molecule has 1 heteroatoms. The van der Waals surface area contributed by atoms with Gasteiger partial charge in [-0.1, -0.05) is 57.9 Å². The Morgan fingerprint density at radius 2 is 1.81 bits per heavy atom. The summed E-state index contributed by atoms with van der Waals surface area (Å²) in [7, 11) is 0. The molecule has 32 heavy (non-hydrogen) atoms. The number of rotatable bonds is 6. The zero-order chi connectivity index (χ0) is 23.3. The Hall–Kier alpha value is -0.820. The van der Waals surface area contributed by atoms with E-state index in [9.17, 15) is 5.11 Å². The molecule has 0 saturated heterocycles. The third-order valence-corrected chi connectivity index (χ3v) is 11.2. The van der Waals surface area contributed by atoms with Crippen molar-refractivity contribution < 1.29 is 5.11 Å². The molecule has 0 aromatic rings. The van der Waals surface area contributed by atoms with E-state index in [-0.39, 0.29) is 11.5 Å². The second-order valence-electron chi connectivity index (χ2n) is 12.7.